The molecule has 1 rings (SSSR count). The molecule has 0 spiro atoms. The normalized spacial score (nSPS) is 20.6. The molecule has 1 aliphatic rings. The van der Waals surface area contributed by atoms with Crippen LogP contribution in [-0.4, -0.2) is 32.5 Å². The zero-order chi connectivity index (χ0) is 12.9. The average Bonchev–Trinajstić information content (AvgIpc) is 2.56. The van der Waals surface area contributed by atoms with Crippen LogP contribution in [0.1, 0.15) is 45.4 Å². The van der Waals surface area contributed by atoms with E-state index in [1.165, 1.54) is 7.11 Å². The first-order valence-electron chi connectivity index (χ1n) is 6.26. The van der Waals surface area contributed by atoms with Gasteiger partial charge in [-0.2, -0.15) is 0 Å². The molecular weight excluding hydrogens is 240 g/mol. The second kappa shape index (κ2) is 6.38. The lowest BCUT2D eigenvalue weighted by molar-refractivity contribution is -0.144. The Labute approximate surface area is 104 Å². The van der Waals surface area contributed by atoms with Gasteiger partial charge in [-0.3, -0.25) is 4.79 Å². The molecule has 4 nitrogen and oxygen atoms in total. The van der Waals surface area contributed by atoms with Crippen LogP contribution in [0.2, 0.25) is 0 Å². The summed E-state index contributed by atoms with van der Waals surface area (Å²) in [6.45, 7) is 1.61. The lowest BCUT2D eigenvalue weighted by atomic mass is 10.2. The number of carbonyl (C=O) groups is 1. The van der Waals surface area contributed by atoms with Gasteiger partial charge in [0.05, 0.1) is 24.0 Å². The average molecular weight is 262 g/mol. The first-order valence-corrected chi connectivity index (χ1v) is 7.98. The molecule has 5 heteroatoms. The maximum atomic E-state index is 12.2. The van der Waals surface area contributed by atoms with E-state index in [1.807, 2.05) is 0 Å². The minimum Gasteiger partial charge on any atom is -0.469 e. The van der Waals surface area contributed by atoms with Crippen molar-refractivity contribution in [1.82, 2.24) is 0 Å². The van der Waals surface area contributed by atoms with Crippen molar-refractivity contribution < 1.29 is 17.9 Å². The van der Waals surface area contributed by atoms with Gasteiger partial charge in [-0.15, -0.1) is 0 Å². The monoisotopic (exact) mass is 262 g/mol. The highest BCUT2D eigenvalue weighted by Crippen LogP contribution is 2.24. The fourth-order valence-electron chi connectivity index (χ4n) is 2.35. The molecule has 1 aliphatic carbocycles. The van der Waals surface area contributed by atoms with Crippen molar-refractivity contribution in [2.24, 2.45) is 5.92 Å². The number of sulfone groups is 1. The van der Waals surface area contributed by atoms with E-state index in [2.05, 4.69) is 4.74 Å². The molecule has 0 aromatic rings. The van der Waals surface area contributed by atoms with Crippen LogP contribution in [0, 0.1) is 5.92 Å². The predicted molar refractivity (Wildman–Crippen MR) is 66.5 cm³/mol. The number of carbonyl (C=O) groups excluding carboxylic acids is 1. The Morgan fingerprint density at radius 1 is 1.24 bits per heavy atom. The highest BCUT2D eigenvalue weighted by atomic mass is 32.2. The summed E-state index contributed by atoms with van der Waals surface area (Å²) in [5, 5.41) is -0.253. The van der Waals surface area contributed by atoms with Crippen LogP contribution >= 0.6 is 0 Å². The largest absolute Gasteiger partial charge is 0.469 e. The van der Waals surface area contributed by atoms with Crippen LogP contribution in [0.25, 0.3) is 0 Å². The van der Waals surface area contributed by atoms with Crippen molar-refractivity contribution in [2.45, 2.75) is 50.7 Å². The van der Waals surface area contributed by atoms with Gasteiger partial charge in [-0.05, 0) is 12.8 Å². The van der Waals surface area contributed by atoms with Crippen LogP contribution < -0.4 is 0 Å². The predicted octanol–water partition coefficient (Wildman–Crippen LogP) is 1.93. The molecule has 0 radical (unpaired) electrons. The van der Waals surface area contributed by atoms with E-state index in [1.54, 1.807) is 6.92 Å². The second-order valence-corrected chi connectivity index (χ2v) is 7.19. The van der Waals surface area contributed by atoms with Crippen LogP contribution in [0.4, 0.5) is 0 Å². The Morgan fingerprint density at radius 2 is 1.76 bits per heavy atom. The first kappa shape index (κ1) is 14.5. The number of hydrogen-bond acceptors (Lipinski definition) is 4. The van der Waals surface area contributed by atoms with Crippen LogP contribution in [0.5, 0.6) is 0 Å². The van der Waals surface area contributed by atoms with Crippen molar-refractivity contribution in [2.75, 3.05) is 12.9 Å². The Kier molecular flexibility index (Phi) is 5.43. The summed E-state index contributed by atoms with van der Waals surface area (Å²) < 4.78 is 28.9. The Bertz CT molecular complexity index is 340. The van der Waals surface area contributed by atoms with E-state index < -0.39 is 21.7 Å². The zero-order valence-electron chi connectivity index (χ0n) is 10.6. The molecular formula is C12H22O4S. The van der Waals surface area contributed by atoms with E-state index in [0.717, 1.165) is 38.5 Å². The van der Waals surface area contributed by atoms with E-state index in [9.17, 15) is 13.2 Å². The quantitative estimate of drug-likeness (QED) is 0.574. The summed E-state index contributed by atoms with van der Waals surface area (Å²) in [6, 6.07) is 0. The third kappa shape index (κ3) is 4.30. The maximum Gasteiger partial charge on any atom is 0.309 e. The highest BCUT2D eigenvalue weighted by molar-refractivity contribution is 7.92. The van der Waals surface area contributed by atoms with E-state index in [0.29, 0.717) is 0 Å². The summed E-state index contributed by atoms with van der Waals surface area (Å²) in [5.74, 6) is -1.08. The van der Waals surface area contributed by atoms with Gasteiger partial charge in [0.25, 0.3) is 0 Å². The van der Waals surface area contributed by atoms with E-state index in [4.69, 9.17) is 0 Å². The lowest BCUT2D eigenvalue weighted by Gasteiger charge is -2.17. The summed E-state index contributed by atoms with van der Waals surface area (Å²) >= 11 is 0. The van der Waals surface area contributed by atoms with Crippen molar-refractivity contribution in [1.29, 1.82) is 0 Å². The van der Waals surface area contributed by atoms with Gasteiger partial charge in [0.1, 0.15) is 0 Å². The van der Waals surface area contributed by atoms with Crippen LogP contribution in [-0.2, 0) is 19.4 Å². The third-order valence-electron chi connectivity index (χ3n) is 3.40. The van der Waals surface area contributed by atoms with Gasteiger partial charge in [-0.1, -0.05) is 32.6 Å². The summed E-state index contributed by atoms with van der Waals surface area (Å²) in [7, 11) is -1.87. The topological polar surface area (TPSA) is 60.4 Å². The molecule has 0 aromatic carbocycles. The van der Waals surface area contributed by atoms with Gasteiger partial charge < -0.3 is 4.74 Å². The van der Waals surface area contributed by atoms with Crippen LogP contribution in [0.15, 0.2) is 0 Å². The van der Waals surface area contributed by atoms with Crippen molar-refractivity contribution in [3.63, 3.8) is 0 Å². The van der Waals surface area contributed by atoms with Gasteiger partial charge in [-0.25, -0.2) is 8.42 Å². The van der Waals surface area contributed by atoms with Gasteiger partial charge in [0.2, 0.25) is 0 Å². The minimum atomic E-state index is -3.16. The molecule has 0 aromatic heterocycles. The fraction of sp³-hybridized carbons (Fsp3) is 0.917. The number of esters is 1. The summed E-state index contributed by atoms with van der Waals surface area (Å²) in [5.41, 5.74) is 0. The molecule has 0 bridgehead atoms. The molecule has 1 fully saturated rings. The number of ether oxygens (including phenoxy) is 1. The molecule has 1 saturated carbocycles. The minimum absolute atomic E-state index is 0.0790. The lowest BCUT2D eigenvalue weighted by Crippen LogP contribution is -2.30. The molecule has 100 valence electrons. The SMILES string of the molecule is COC(=O)C(C)CS(=O)(=O)C1CCCCCC1. The molecule has 1 unspecified atom stereocenters. The fourth-order valence-corrected chi connectivity index (χ4v) is 4.51. The number of rotatable bonds is 4. The molecule has 0 saturated heterocycles. The molecule has 0 N–H and O–H groups in total. The van der Waals surface area contributed by atoms with Crippen molar-refractivity contribution in [3.8, 4) is 0 Å². The van der Waals surface area contributed by atoms with E-state index in [-0.39, 0.29) is 11.0 Å². The first-order chi connectivity index (χ1) is 7.97. The zero-order valence-corrected chi connectivity index (χ0v) is 11.5. The third-order valence-corrected chi connectivity index (χ3v) is 5.85. The number of methoxy groups -OCH3 is 1. The Hall–Kier alpha value is -0.580. The Morgan fingerprint density at radius 3 is 2.24 bits per heavy atom. The highest BCUT2D eigenvalue weighted by Gasteiger charge is 2.30. The Balaban J connectivity index is 2.63. The van der Waals surface area contributed by atoms with E-state index >= 15 is 0 Å². The van der Waals surface area contributed by atoms with Crippen LogP contribution in [0.3, 0.4) is 0 Å². The van der Waals surface area contributed by atoms with Gasteiger partial charge >= 0.3 is 5.97 Å². The molecule has 17 heavy (non-hydrogen) atoms. The molecule has 0 aliphatic heterocycles. The summed E-state index contributed by atoms with van der Waals surface area (Å²) in [6.07, 6.45) is 5.70. The number of hydrogen-bond donors (Lipinski definition) is 0. The van der Waals surface area contributed by atoms with Gasteiger partial charge in [0.15, 0.2) is 9.84 Å². The standard InChI is InChI=1S/C12H22O4S/c1-10(12(13)16-2)9-17(14,15)11-7-5-3-4-6-8-11/h10-11H,3-9H2,1-2H3. The summed E-state index contributed by atoms with van der Waals surface area (Å²) in [4.78, 5) is 11.3. The van der Waals surface area contributed by atoms with Crippen molar-refractivity contribution in [3.05, 3.63) is 0 Å². The molecule has 0 heterocycles. The molecule has 0 amide bonds. The molecule has 1 atom stereocenters. The maximum absolute atomic E-state index is 12.2. The smallest absolute Gasteiger partial charge is 0.309 e. The van der Waals surface area contributed by atoms with Gasteiger partial charge in [0, 0.05) is 0 Å². The van der Waals surface area contributed by atoms with Crippen molar-refractivity contribution >= 4 is 15.8 Å². The second-order valence-electron chi connectivity index (χ2n) is 4.87.